The lowest BCUT2D eigenvalue weighted by Gasteiger charge is -2.56. The Labute approximate surface area is 174 Å². The molecule has 0 saturated carbocycles. The molecule has 29 heavy (non-hydrogen) atoms. The van der Waals surface area contributed by atoms with Crippen LogP contribution in [-0.2, 0) is 6.42 Å². The summed E-state index contributed by atoms with van der Waals surface area (Å²) in [4.78, 5) is 2.47. The van der Waals surface area contributed by atoms with Gasteiger partial charge in [0.1, 0.15) is 0 Å². The van der Waals surface area contributed by atoms with Gasteiger partial charge in [0.25, 0.3) is 0 Å². The van der Waals surface area contributed by atoms with Crippen molar-refractivity contribution >= 4 is 0 Å². The van der Waals surface area contributed by atoms with Gasteiger partial charge in [-0.3, -0.25) is 4.90 Å². The first-order chi connectivity index (χ1) is 14.0. The Balaban J connectivity index is 1.81. The smallest absolute Gasteiger partial charge is 0.0775 e. The summed E-state index contributed by atoms with van der Waals surface area (Å²) >= 11 is 0. The van der Waals surface area contributed by atoms with Gasteiger partial charge in [0.2, 0.25) is 0 Å². The number of aliphatic hydroxyl groups is 1. The lowest BCUT2D eigenvalue weighted by Crippen LogP contribution is -2.59. The van der Waals surface area contributed by atoms with Gasteiger partial charge in [-0.15, -0.1) is 0 Å². The van der Waals surface area contributed by atoms with Crippen molar-refractivity contribution in [1.29, 1.82) is 0 Å². The van der Waals surface area contributed by atoms with E-state index in [1.54, 1.807) is 0 Å². The van der Waals surface area contributed by atoms with Crippen molar-refractivity contribution in [2.24, 2.45) is 11.8 Å². The number of benzene rings is 3. The molecule has 150 valence electrons. The second kappa shape index (κ2) is 8.14. The van der Waals surface area contributed by atoms with E-state index < -0.39 is 5.60 Å². The molecule has 2 heteroatoms. The Hall–Kier alpha value is -2.42. The van der Waals surface area contributed by atoms with Crippen LogP contribution in [0.1, 0.15) is 42.6 Å². The van der Waals surface area contributed by atoms with Crippen molar-refractivity contribution in [1.82, 2.24) is 4.90 Å². The SMILES string of the molecule is C[C@H]1[C@@H](c2ccccc2)N(C)[C@H](c2ccccc2)[C@H](C)C1(O)Cc1ccccc1. The fourth-order valence-corrected chi connectivity index (χ4v) is 5.43. The number of hydrogen-bond acceptors (Lipinski definition) is 2. The third-order valence-corrected chi connectivity index (χ3v) is 7.01. The first-order valence-electron chi connectivity index (χ1n) is 10.6. The molecule has 1 aliphatic rings. The minimum Gasteiger partial charge on any atom is -0.389 e. The van der Waals surface area contributed by atoms with Crippen LogP contribution in [0.15, 0.2) is 91.0 Å². The summed E-state index contributed by atoms with van der Waals surface area (Å²) in [5, 5.41) is 12.2. The average molecular weight is 386 g/mol. The monoisotopic (exact) mass is 385 g/mol. The fourth-order valence-electron chi connectivity index (χ4n) is 5.43. The maximum absolute atomic E-state index is 12.2. The van der Waals surface area contributed by atoms with Crippen LogP contribution < -0.4 is 0 Å². The molecule has 0 bridgehead atoms. The van der Waals surface area contributed by atoms with Gasteiger partial charge in [0.05, 0.1) is 5.60 Å². The zero-order valence-electron chi connectivity index (χ0n) is 17.6. The zero-order valence-corrected chi connectivity index (χ0v) is 17.6. The van der Waals surface area contributed by atoms with Crippen molar-refractivity contribution in [3.63, 3.8) is 0 Å². The molecule has 3 aromatic rings. The number of piperidine rings is 1. The molecule has 0 unspecified atom stereocenters. The molecule has 4 atom stereocenters. The van der Waals surface area contributed by atoms with Crippen LogP contribution in [0.25, 0.3) is 0 Å². The van der Waals surface area contributed by atoms with E-state index in [1.165, 1.54) is 16.7 Å². The van der Waals surface area contributed by atoms with E-state index in [9.17, 15) is 5.11 Å². The average Bonchev–Trinajstić information content (AvgIpc) is 2.75. The molecule has 1 aliphatic heterocycles. The molecule has 2 nitrogen and oxygen atoms in total. The van der Waals surface area contributed by atoms with Gasteiger partial charge < -0.3 is 5.11 Å². The van der Waals surface area contributed by atoms with Crippen molar-refractivity contribution in [3.05, 3.63) is 108 Å². The summed E-state index contributed by atoms with van der Waals surface area (Å²) in [5.74, 6) is 0.176. The quantitative estimate of drug-likeness (QED) is 0.626. The highest BCUT2D eigenvalue weighted by atomic mass is 16.3. The van der Waals surface area contributed by atoms with Gasteiger partial charge >= 0.3 is 0 Å². The minimum absolute atomic E-state index is 0.0880. The molecule has 1 heterocycles. The van der Waals surface area contributed by atoms with Crippen LogP contribution in [0, 0.1) is 11.8 Å². The normalized spacial score (nSPS) is 30.2. The second-order valence-corrected chi connectivity index (χ2v) is 8.61. The molecule has 0 aliphatic carbocycles. The molecule has 1 saturated heterocycles. The molecule has 0 radical (unpaired) electrons. The van der Waals surface area contributed by atoms with E-state index in [2.05, 4.69) is 111 Å². The summed E-state index contributed by atoms with van der Waals surface area (Å²) in [6.07, 6.45) is 0.663. The van der Waals surface area contributed by atoms with Crippen LogP contribution >= 0.6 is 0 Å². The number of nitrogens with zero attached hydrogens (tertiary/aromatic N) is 1. The van der Waals surface area contributed by atoms with E-state index in [0.717, 1.165) is 0 Å². The van der Waals surface area contributed by atoms with E-state index >= 15 is 0 Å². The van der Waals surface area contributed by atoms with E-state index in [1.807, 2.05) is 6.07 Å². The first kappa shape index (κ1) is 19.9. The van der Waals surface area contributed by atoms with Gasteiger partial charge in [-0.25, -0.2) is 0 Å². The molecule has 0 spiro atoms. The summed E-state index contributed by atoms with van der Waals surface area (Å²) in [5.41, 5.74) is 2.91. The summed E-state index contributed by atoms with van der Waals surface area (Å²) < 4.78 is 0. The maximum atomic E-state index is 12.2. The van der Waals surface area contributed by atoms with Gasteiger partial charge in [0, 0.05) is 30.3 Å². The molecule has 4 rings (SSSR count). The maximum Gasteiger partial charge on any atom is 0.0775 e. The van der Waals surface area contributed by atoms with Crippen molar-refractivity contribution in [2.75, 3.05) is 7.05 Å². The third-order valence-electron chi connectivity index (χ3n) is 7.01. The van der Waals surface area contributed by atoms with E-state index in [-0.39, 0.29) is 23.9 Å². The minimum atomic E-state index is -0.811. The number of likely N-dealkylation sites (tertiary alicyclic amines) is 1. The Morgan fingerprint density at radius 2 is 1.07 bits per heavy atom. The zero-order chi connectivity index (χ0) is 20.4. The molecular weight excluding hydrogens is 354 g/mol. The molecule has 1 fully saturated rings. The van der Waals surface area contributed by atoms with Gasteiger partial charge in [-0.2, -0.15) is 0 Å². The third kappa shape index (κ3) is 3.63. The van der Waals surface area contributed by atoms with Crippen LogP contribution in [0.5, 0.6) is 0 Å². The summed E-state index contributed by atoms with van der Waals surface area (Å²) in [7, 11) is 2.21. The Kier molecular flexibility index (Phi) is 5.58. The van der Waals surface area contributed by atoms with Crippen molar-refractivity contribution in [3.8, 4) is 0 Å². The molecule has 0 aromatic heterocycles. The predicted octanol–water partition coefficient (Wildman–Crippen LogP) is 5.66. The lowest BCUT2D eigenvalue weighted by molar-refractivity contribution is -0.154. The van der Waals surface area contributed by atoms with Crippen LogP contribution in [0.2, 0.25) is 0 Å². The Morgan fingerprint density at radius 1 is 0.690 bits per heavy atom. The highest BCUT2D eigenvalue weighted by molar-refractivity contribution is 5.29. The lowest BCUT2D eigenvalue weighted by atomic mass is 9.63. The highest BCUT2D eigenvalue weighted by Crippen LogP contribution is 2.52. The van der Waals surface area contributed by atoms with E-state index in [4.69, 9.17) is 0 Å². The second-order valence-electron chi connectivity index (χ2n) is 8.61. The molecule has 1 N–H and O–H groups in total. The standard InChI is InChI=1S/C27H31NO/c1-20-25(23-15-9-5-10-16-23)28(3)26(24-17-11-6-12-18-24)21(2)27(20,29)19-22-13-7-4-8-14-22/h4-18,20-21,25-26,29H,19H2,1-3H3/t20-,21-,25-,26-/m0/s1. The molecular formula is C27H31NO. The van der Waals surface area contributed by atoms with E-state index in [0.29, 0.717) is 6.42 Å². The first-order valence-corrected chi connectivity index (χ1v) is 10.6. The van der Waals surface area contributed by atoms with Gasteiger partial charge in [0.15, 0.2) is 0 Å². The van der Waals surface area contributed by atoms with Gasteiger partial charge in [-0.05, 0) is 23.7 Å². The van der Waals surface area contributed by atoms with Gasteiger partial charge in [-0.1, -0.05) is 105 Å². The Bertz CT molecular complexity index is 856. The summed E-state index contributed by atoms with van der Waals surface area (Å²) in [6.45, 7) is 4.43. The topological polar surface area (TPSA) is 23.5 Å². The van der Waals surface area contributed by atoms with Crippen LogP contribution in [0.4, 0.5) is 0 Å². The molecule has 3 aromatic carbocycles. The van der Waals surface area contributed by atoms with Crippen LogP contribution in [-0.4, -0.2) is 22.7 Å². The number of rotatable bonds is 4. The van der Waals surface area contributed by atoms with Crippen molar-refractivity contribution in [2.45, 2.75) is 38.0 Å². The summed E-state index contributed by atoms with van der Waals surface area (Å²) in [6, 6.07) is 32.0. The molecule has 0 amide bonds. The fraction of sp³-hybridized carbons (Fsp3) is 0.333. The van der Waals surface area contributed by atoms with Crippen LogP contribution in [0.3, 0.4) is 0 Å². The predicted molar refractivity (Wildman–Crippen MR) is 120 cm³/mol. The Morgan fingerprint density at radius 3 is 1.48 bits per heavy atom. The highest BCUT2D eigenvalue weighted by Gasteiger charge is 2.53. The van der Waals surface area contributed by atoms with Crippen molar-refractivity contribution < 1.29 is 5.11 Å². The number of hydrogen-bond donors (Lipinski definition) is 1. The largest absolute Gasteiger partial charge is 0.389 e.